The summed E-state index contributed by atoms with van der Waals surface area (Å²) in [6, 6.07) is 9.21. The molecule has 2 aliphatic heterocycles. The van der Waals surface area contributed by atoms with Crippen molar-refractivity contribution in [2.24, 2.45) is 0 Å². The number of hydrogen-bond acceptors (Lipinski definition) is 6. The number of likely N-dealkylation sites (tertiary alicyclic amines) is 1. The first kappa shape index (κ1) is 19.1. The number of carbonyl (C=O) groups is 1. The molecule has 9 heteroatoms. The highest BCUT2D eigenvalue weighted by Gasteiger charge is 2.35. The van der Waals surface area contributed by atoms with E-state index in [-0.39, 0.29) is 24.2 Å². The number of rotatable bonds is 4. The summed E-state index contributed by atoms with van der Waals surface area (Å²) in [6.07, 6.45) is 4.19. The highest BCUT2D eigenvalue weighted by Crippen LogP contribution is 2.30. The zero-order valence-electron chi connectivity index (χ0n) is 15.7. The maximum atomic E-state index is 13.0. The molecule has 28 heavy (non-hydrogen) atoms. The second-order valence-corrected chi connectivity index (χ2v) is 9.37. The molecular weight excluding hydrogens is 380 g/mol. The Bertz CT molecular complexity index is 928. The second-order valence-electron chi connectivity index (χ2n) is 7.28. The Morgan fingerprint density at radius 3 is 2.68 bits per heavy atom. The van der Waals surface area contributed by atoms with Gasteiger partial charge in [-0.3, -0.25) is 4.79 Å². The molecule has 150 valence electrons. The lowest BCUT2D eigenvalue weighted by Crippen LogP contribution is -2.43. The SMILES string of the molecule is O=C(CN1CCCS1(=O)=O)N1CCCCC[C@@H]1c1noc(-c2ccccc2)n1. The van der Waals surface area contributed by atoms with E-state index in [4.69, 9.17) is 4.52 Å². The predicted octanol–water partition coefficient (Wildman–Crippen LogP) is 2.22. The summed E-state index contributed by atoms with van der Waals surface area (Å²) in [4.78, 5) is 19.3. The van der Waals surface area contributed by atoms with E-state index in [1.54, 1.807) is 4.90 Å². The highest BCUT2D eigenvalue weighted by atomic mass is 32.2. The molecule has 0 aliphatic carbocycles. The van der Waals surface area contributed by atoms with E-state index in [9.17, 15) is 13.2 Å². The van der Waals surface area contributed by atoms with Crippen molar-refractivity contribution in [2.45, 2.75) is 38.1 Å². The number of nitrogens with zero attached hydrogens (tertiary/aromatic N) is 4. The normalized spacial score (nSPS) is 22.9. The van der Waals surface area contributed by atoms with Crippen LogP contribution in [0.25, 0.3) is 11.5 Å². The Balaban J connectivity index is 1.55. The third-order valence-electron chi connectivity index (χ3n) is 5.35. The van der Waals surface area contributed by atoms with Crippen molar-refractivity contribution >= 4 is 15.9 Å². The topological polar surface area (TPSA) is 96.6 Å². The van der Waals surface area contributed by atoms with Crippen LogP contribution >= 0.6 is 0 Å². The first-order valence-corrected chi connectivity index (χ1v) is 11.3. The molecule has 0 spiro atoms. The van der Waals surface area contributed by atoms with E-state index in [0.29, 0.717) is 31.2 Å². The third-order valence-corrected chi connectivity index (χ3v) is 7.25. The fourth-order valence-corrected chi connectivity index (χ4v) is 5.32. The summed E-state index contributed by atoms with van der Waals surface area (Å²) < 4.78 is 30.9. The van der Waals surface area contributed by atoms with Crippen LogP contribution < -0.4 is 0 Å². The van der Waals surface area contributed by atoms with Crippen LogP contribution in [0.3, 0.4) is 0 Å². The maximum absolute atomic E-state index is 13.0. The largest absolute Gasteiger partial charge is 0.334 e. The molecule has 0 N–H and O–H groups in total. The van der Waals surface area contributed by atoms with Gasteiger partial charge in [0.15, 0.2) is 5.82 Å². The third kappa shape index (κ3) is 3.95. The smallest absolute Gasteiger partial charge is 0.257 e. The molecule has 2 saturated heterocycles. The predicted molar refractivity (Wildman–Crippen MR) is 103 cm³/mol. The second kappa shape index (κ2) is 8.00. The number of carbonyl (C=O) groups excluding carboxylic acids is 1. The van der Waals surface area contributed by atoms with E-state index >= 15 is 0 Å². The molecule has 3 heterocycles. The van der Waals surface area contributed by atoms with Crippen LogP contribution in [0.5, 0.6) is 0 Å². The van der Waals surface area contributed by atoms with Crippen LogP contribution in [-0.4, -0.2) is 59.1 Å². The molecule has 0 radical (unpaired) electrons. The molecule has 2 aromatic rings. The lowest BCUT2D eigenvalue weighted by Gasteiger charge is -2.29. The Morgan fingerprint density at radius 2 is 1.93 bits per heavy atom. The van der Waals surface area contributed by atoms with Crippen molar-refractivity contribution in [1.29, 1.82) is 0 Å². The summed E-state index contributed by atoms with van der Waals surface area (Å²) in [5.74, 6) is 0.839. The van der Waals surface area contributed by atoms with E-state index in [1.807, 2.05) is 30.3 Å². The van der Waals surface area contributed by atoms with Crippen molar-refractivity contribution in [3.8, 4) is 11.5 Å². The van der Waals surface area contributed by atoms with Gasteiger partial charge in [0.1, 0.15) is 0 Å². The molecule has 1 amide bonds. The average molecular weight is 404 g/mol. The molecule has 1 atom stereocenters. The van der Waals surface area contributed by atoms with E-state index in [0.717, 1.165) is 31.2 Å². The minimum absolute atomic E-state index is 0.109. The Labute approximate surface area is 164 Å². The Hall–Kier alpha value is -2.26. The zero-order valence-corrected chi connectivity index (χ0v) is 16.5. The fourth-order valence-electron chi connectivity index (χ4n) is 3.85. The number of hydrogen-bond donors (Lipinski definition) is 0. The lowest BCUT2D eigenvalue weighted by molar-refractivity contribution is -0.134. The molecule has 1 aromatic heterocycles. The summed E-state index contributed by atoms with van der Waals surface area (Å²) >= 11 is 0. The minimum Gasteiger partial charge on any atom is -0.334 e. The summed E-state index contributed by atoms with van der Waals surface area (Å²) in [7, 11) is -3.31. The molecule has 0 unspecified atom stereocenters. The van der Waals surface area contributed by atoms with Gasteiger partial charge in [0.25, 0.3) is 5.89 Å². The van der Waals surface area contributed by atoms with Gasteiger partial charge >= 0.3 is 0 Å². The van der Waals surface area contributed by atoms with Crippen molar-refractivity contribution in [2.75, 3.05) is 25.4 Å². The summed E-state index contributed by atoms with van der Waals surface area (Å²) in [5, 5.41) is 4.14. The monoisotopic (exact) mass is 404 g/mol. The van der Waals surface area contributed by atoms with Gasteiger partial charge in [0, 0.05) is 18.7 Å². The molecular formula is C19H24N4O4S. The van der Waals surface area contributed by atoms with Crippen LogP contribution in [0.15, 0.2) is 34.9 Å². The van der Waals surface area contributed by atoms with Crippen molar-refractivity contribution in [1.82, 2.24) is 19.3 Å². The zero-order chi connectivity index (χ0) is 19.6. The van der Waals surface area contributed by atoms with Crippen LogP contribution in [0.1, 0.15) is 44.0 Å². The van der Waals surface area contributed by atoms with Gasteiger partial charge in [0.2, 0.25) is 15.9 Å². The van der Waals surface area contributed by atoms with Crippen LogP contribution in [-0.2, 0) is 14.8 Å². The number of sulfonamides is 1. The molecule has 8 nitrogen and oxygen atoms in total. The van der Waals surface area contributed by atoms with E-state index in [1.165, 1.54) is 4.31 Å². The highest BCUT2D eigenvalue weighted by molar-refractivity contribution is 7.89. The molecule has 4 rings (SSSR count). The van der Waals surface area contributed by atoms with Crippen LogP contribution in [0.2, 0.25) is 0 Å². The Morgan fingerprint density at radius 1 is 1.11 bits per heavy atom. The molecule has 1 aromatic carbocycles. The van der Waals surface area contributed by atoms with Gasteiger partial charge in [-0.2, -0.15) is 9.29 Å². The van der Waals surface area contributed by atoms with E-state index < -0.39 is 10.0 Å². The maximum Gasteiger partial charge on any atom is 0.257 e. The van der Waals surface area contributed by atoms with Gasteiger partial charge in [0.05, 0.1) is 18.3 Å². The van der Waals surface area contributed by atoms with E-state index in [2.05, 4.69) is 10.1 Å². The fraction of sp³-hybridized carbons (Fsp3) is 0.526. The standard InChI is InChI=1S/C19H24N4O4S/c24-17(14-22-11-7-13-28(22,25)26)23-12-6-2-5-10-16(23)18-20-19(27-21-18)15-8-3-1-4-9-15/h1,3-4,8-9,16H,2,5-7,10-14H2/t16-/m1/s1. The average Bonchev–Trinajstić information content (AvgIpc) is 3.21. The molecule has 0 saturated carbocycles. The van der Waals surface area contributed by atoms with Crippen LogP contribution in [0, 0.1) is 0 Å². The van der Waals surface area contributed by atoms with Crippen molar-refractivity contribution < 1.29 is 17.7 Å². The molecule has 2 fully saturated rings. The number of benzene rings is 1. The first-order chi connectivity index (χ1) is 13.5. The van der Waals surface area contributed by atoms with Gasteiger partial charge < -0.3 is 9.42 Å². The van der Waals surface area contributed by atoms with Gasteiger partial charge in [-0.15, -0.1) is 0 Å². The van der Waals surface area contributed by atoms with Gasteiger partial charge in [-0.25, -0.2) is 8.42 Å². The van der Waals surface area contributed by atoms with Crippen molar-refractivity contribution in [3.63, 3.8) is 0 Å². The lowest BCUT2D eigenvalue weighted by atomic mass is 10.1. The minimum atomic E-state index is -3.31. The number of amides is 1. The van der Waals surface area contributed by atoms with Crippen LogP contribution in [0.4, 0.5) is 0 Å². The van der Waals surface area contributed by atoms with Gasteiger partial charge in [-0.05, 0) is 31.4 Å². The molecule has 0 bridgehead atoms. The first-order valence-electron chi connectivity index (χ1n) is 9.71. The van der Waals surface area contributed by atoms with Crippen molar-refractivity contribution in [3.05, 3.63) is 36.2 Å². The quantitative estimate of drug-likeness (QED) is 0.775. The summed E-state index contributed by atoms with van der Waals surface area (Å²) in [6.45, 7) is 0.877. The Kier molecular flexibility index (Phi) is 5.45. The van der Waals surface area contributed by atoms with Gasteiger partial charge in [-0.1, -0.05) is 36.2 Å². The summed E-state index contributed by atoms with van der Waals surface area (Å²) in [5.41, 5.74) is 0.830. The molecule has 2 aliphatic rings. The number of aromatic nitrogens is 2.